The third-order valence-corrected chi connectivity index (χ3v) is 5.28. The van der Waals surface area contributed by atoms with Crippen molar-refractivity contribution in [2.45, 2.75) is 11.8 Å². The molecule has 0 atom stereocenters. The summed E-state index contributed by atoms with van der Waals surface area (Å²) in [6.07, 6.45) is 0. The molecular formula is C11H17BrN2O3S. The third-order valence-electron chi connectivity index (χ3n) is 2.59. The van der Waals surface area contributed by atoms with Gasteiger partial charge < -0.3 is 10.5 Å². The van der Waals surface area contributed by atoms with Crippen LogP contribution in [0.1, 0.15) is 5.56 Å². The Morgan fingerprint density at radius 1 is 1.44 bits per heavy atom. The fraction of sp³-hybridized carbons (Fsp3) is 0.455. The predicted molar refractivity (Wildman–Crippen MR) is 75.0 cm³/mol. The molecule has 2 N–H and O–H groups in total. The van der Waals surface area contributed by atoms with Gasteiger partial charge in [0.05, 0.1) is 11.5 Å². The number of ether oxygens (including phenoxy) is 1. The fourth-order valence-corrected chi connectivity index (χ4v) is 3.30. The van der Waals surface area contributed by atoms with Crippen LogP contribution in [0.3, 0.4) is 0 Å². The van der Waals surface area contributed by atoms with Gasteiger partial charge in [0.25, 0.3) is 0 Å². The number of halogens is 1. The molecule has 0 saturated heterocycles. The first-order valence-electron chi connectivity index (χ1n) is 5.31. The Morgan fingerprint density at radius 2 is 2.06 bits per heavy atom. The molecule has 0 amide bonds. The number of aryl methyl sites for hydroxylation is 1. The molecule has 0 aromatic heterocycles. The van der Waals surface area contributed by atoms with Gasteiger partial charge in [0, 0.05) is 30.9 Å². The van der Waals surface area contributed by atoms with Gasteiger partial charge in [-0.05, 0) is 40.5 Å². The average Bonchev–Trinajstić information content (AvgIpc) is 2.30. The van der Waals surface area contributed by atoms with Gasteiger partial charge in [0.15, 0.2) is 0 Å². The highest BCUT2D eigenvalue weighted by molar-refractivity contribution is 9.10. The van der Waals surface area contributed by atoms with Crippen molar-refractivity contribution in [2.24, 2.45) is 0 Å². The van der Waals surface area contributed by atoms with E-state index < -0.39 is 10.0 Å². The lowest BCUT2D eigenvalue weighted by Gasteiger charge is -2.18. The van der Waals surface area contributed by atoms with Gasteiger partial charge in [-0.2, -0.15) is 4.31 Å². The van der Waals surface area contributed by atoms with Crippen molar-refractivity contribution in [3.8, 4) is 0 Å². The first-order chi connectivity index (χ1) is 8.30. The molecule has 7 heteroatoms. The highest BCUT2D eigenvalue weighted by Gasteiger charge is 2.23. The fourth-order valence-electron chi connectivity index (χ4n) is 1.45. The summed E-state index contributed by atoms with van der Waals surface area (Å²) < 4.78 is 31.5. The maximum absolute atomic E-state index is 12.3. The molecule has 0 aliphatic heterocycles. The molecule has 0 aliphatic rings. The summed E-state index contributed by atoms with van der Waals surface area (Å²) in [5.41, 5.74) is 6.79. The Labute approximate surface area is 116 Å². The van der Waals surface area contributed by atoms with E-state index in [-0.39, 0.29) is 4.90 Å². The molecular weight excluding hydrogens is 320 g/mol. The lowest BCUT2D eigenvalue weighted by Crippen LogP contribution is -2.30. The van der Waals surface area contributed by atoms with Crippen LogP contribution in [0.5, 0.6) is 0 Å². The number of nitrogens with two attached hydrogens (primary N) is 1. The van der Waals surface area contributed by atoms with Crippen molar-refractivity contribution >= 4 is 31.6 Å². The molecule has 0 bridgehead atoms. The van der Waals surface area contributed by atoms with Crippen LogP contribution in [-0.4, -0.2) is 40.0 Å². The maximum atomic E-state index is 12.3. The van der Waals surface area contributed by atoms with E-state index >= 15 is 0 Å². The second-order valence-corrected chi connectivity index (χ2v) is 6.83. The molecule has 0 saturated carbocycles. The van der Waals surface area contributed by atoms with E-state index in [9.17, 15) is 8.42 Å². The quantitative estimate of drug-likeness (QED) is 0.829. The van der Waals surface area contributed by atoms with Crippen LogP contribution in [0.4, 0.5) is 5.69 Å². The molecule has 0 spiro atoms. The topological polar surface area (TPSA) is 72.6 Å². The molecule has 0 heterocycles. The van der Waals surface area contributed by atoms with Gasteiger partial charge in [0.1, 0.15) is 0 Å². The standard InChI is InChI=1S/C11H17BrN2O3S/c1-8-6-9(12)10(13)7-11(8)18(15,16)14(2)4-5-17-3/h6-7H,4-5,13H2,1-3H3. The van der Waals surface area contributed by atoms with E-state index in [4.69, 9.17) is 10.5 Å². The van der Waals surface area contributed by atoms with Crippen molar-refractivity contribution in [1.29, 1.82) is 0 Å². The number of anilines is 1. The Hall–Kier alpha value is -0.630. The van der Waals surface area contributed by atoms with E-state index in [0.29, 0.717) is 28.9 Å². The number of nitrogen functional groups attached to an aromatic ring is 1. The second-order valence-electron chi connectivity index (χ2n) is 3.96. The van der Waals surface area contributed by atoms with Gasteiger partial charge in [-0.1, -0.05) is 0 Å². The first kappa shape index (κ1) is 15.4. The minimum absolute atomic E-state index is 0.224. The zero-order chi connectivity index (χ0) is 13.9. The Morgan fingerprint density at radius 3 is 2.61 bits per heavy atom. The zero-order valence-electron chi connectivity index (χ0n) is 10.6. The van der Waals surface area contributed by atoms with Gasteiger partial charge in [-0.25, -0.2) is 8.42 Å². The number of hydrogen-bond donors (Lipinski definition) is 1. The first-order valence-corrected chi connectivity index (χ1v) is 7.55. The van der Waals surface area contributed by atoms with Crippen LogP contribution in [0.25, 0.3) is 0 Å². The average molecular weight is 337 g/mol. The molecule has 0 fully saturated rings. The lowest BCUT2D eigenvalue weighted by atomic mass is 10.2. The van der Waals surface area contributed by atoms with E-state index in [2.05, 4.69) is 15.9 Å². The summed E-state index contributed by atoms with van der Waals surface area (Å²) in [6, 6.07) is 3.17. The number of hydrogen-bond acceptors (Lipinski definition) is 4. The van der Waals surface area contributed by atoms with Crippen LogP contribution >= 0.6 is 15.9 Å². The molecule has 102 valence electrons. The number of sulfonamides is 1. The van der Waals surface area contributed by atoms with Crippen molar-refractivity contribution in [3.05, 3.63) is 22.2 Å². The SMILES string of the molecule is COCCN(C)S(=O)(=O)c1cc(N)c(Br)cc1C. The van der Waals surface area contributed by atoms with Crippen molar-refractivity contribution in [2.75, 3.05) is 33.0 Å². The molecule has 5 nitrogen and oxygen atoms in total. The van der Waals surface area contributed by atoms with Crippen LogP contribution < -0.4 is 5.73 Å². The predicted octanol–water partition coefficient (Wildman–Crippen LogP) is 1.61. The molecule has 1 aromatic rings. The van der Waals surface area contributed by atoms with E-state index in [1.807, 2.05) is 0 Å². The molecule has 1 aromatic carbocycles. The monoisotopic (exact) mass is 336 g/mol. The smallest absolute Gasteiger partial charge is 0.243 e. The van der Waals surface area contributed by atoms with E-state index in [1.165, 1.54) is 24.5 Å². The molecule has 1 rings (SSSR count). The Kier molecular flexibility index (Phi) is 5.15. The summed E-state index contributed by atoms with van der Waals surface area (Å²) in [6.45, 7) is 2.39. The third kappa shape index (κ3) is 3.23. The minimum atomic E-state index is -3.53. The van der Waals surface area contributed by atoms with Gasteiger partial charge in [-0.15, -0.1) is 0 Å². The summed E-state index contributed by atoms with van der Waals surface area (Å²) in [4.78, 5) is 0.224. The normalized spacial score (nSPS) is 12.1. The highest BCUT2D eigenvalue weighted by atomic mass is 79.9. The van der Waals surface area contributed by atoms with Crippen molar-refractivity contribution < 1.29 is 13.2 Å². The van der Waals surface area contributed by atoms with Crippen LogP contribution in [0.15, 0.2) is 21.5 Å². The summed E-state index contributed by atoms with van der Waals surface area (Å²) in [5, 5.41) is 0. The number of rotatable bonds is 5. The maximum Gasteiger partial charge on any atom is 0.243 e. The lowest BCUT2D eigenvalue weighted by molar-refractivity contribution is 0.185. The molecule has 0 aliphatic carbocycles. The van der Waals surface area contributed by atoms with E-state index in [0.717, 1.165) is 0 Å². The number of likely N-dealkylation sites (N-methyl/N-ethyl adjacent to an activating group) is 1. The van der Waals surface area contributed by atoms with Gasteiger partial charge >= 0.3 is 0 Å². The largest absolute Gasteiger partial charge is 0.398 e. The van der Waals surface area contributed by atoms with Crippen molar-refractivity contribution in [3.63, 3.8) is 0 Å². The second kappa shape index (κ2) is 6.01. The van der Waals surface area contributed by atoms with Crippen LogP contribution in [-0.2, 0) is 14.8 Å². The Balaban J connectivity index is 3.16. The number of methoxy groups -OCH3 is 1. The highest BCUT2D eigenvalue weighted by Crippen LogP contribution is 2.28. The Bertz CT molecular complexity index is 531. The van der Waals surface area contributed by atoms with Crippen LogP contribution in [0.2, 0.25) is 0 Å². The minimum Gasteiger partial charge on any atom is -0.398 e. The molecule has 18 heavy (non-hydrogen) atoms. The van der Waals surface area contributed by atoms with Crippen LogP contribution in [0, 0.1) is 6.92 Å². The summed E-state index contributed by atoms with van der Waals surface area (Å²) in [7, 11) is -0.478. The number of nitrogens with zero attached hydrogens (tertiary/aromatic N) is 1. The number of benzene rings is 1. The van der Waals surface area contributed by atoms with E-state index in [1.54, 1.807) is 13.0 Å². The summed E-state index contributed by atoms with van der Waals surface area (Å²) >= 11 is 3.27. The van der Waals surface area contributed by atoms with Crippen molar-refractivity contribution in [1.82, 2.24) is 4.31 Å². The van der Waals surface area contributed by atoms with Gasteiger partial charge in [-0.3, -0.25) is 0 Å². The molecule has 0 unspecified atom stereocenters. The summed E-state index contributed by atoms with van der Waals surface area (Å²) in [5.74, 6) is 0. The molecule has 0 radical (unpaired) electrons. The zero-order valence-corrected chi connectivity index (χ0v) is 13.0. The van der Waals surface area contributed by atoms with Gasteiger partial charge in [0.2, 0.25) is 10.0 Å².